The lowest BCUT2D eigenvalue weighted by Gasteiger charge is -2.38. The van der Waals surface area contributed by atoms with Crippen molar-refractivity contribution in [2.45, 2.75) is 70.9 Å². The van der Waals surface area contributed by atoms with E-state index in [0.717, 1.165) is 69.5 Å². The molecule has 1 aliphatic rings. The van der Waals surface area contributed by atoms with Crippen molar-refractivity contribution >= 4 is 17.9 Å². The van der Waals surface area contributed by atoms with Gasteiger partial charge in [0.05, 0.1) is 0 Å². The van der Waals surface area contributed by atoms with Gasteiger partial charge in [0.1, 0.15) is 6.29 Å². The number of methoxy groups -OCH3 is 1. The molecule has 0 radical (unpaired) electrons. The van der Waals surface area contributed by atoms with Crippen molar-refractivity contribution in [2.24, 2.45) is 0 Å². The molecule has 1 aromatic rings. The summed E-state index contributed by atoms with van der Waals surface area (Å²) in [7, 11) is 3.75. The van der Waals surface area contributed by atoms with Gasteiger partial charge in [-0.2, -0.15) is 0 Å². The van der Waals surface area contributed by atoms with Crippen LogP contribution in [0.1, 0.15) is 69.3 Å². The number of nitrogens with one attached hydrogen (secondary N) is 1. The Hall–Kier alpha value is -1.92. The minimum absolute atomic E-state index is 0.0631. The highest BCUT2D eigenvalue weighted by molar-refractivity contribution is 5.96. The number of benzene rings is 1. The van der Waals surface area contributed by atoms with Gasteiger partial charge in [0.15, 0.2) is 0 Å². The summed E-state index contributed by atoms with van der Waals surface area (Å²) in [4.78, 5) is 29.6. The van der Waals surface area contributed by atoms with Crippen LogP contribution in [0.2, 0.25) is 0 Å². The van der Waals surface area contributed by atoms with Crippen LogP contribution in [0.4, 0.5) is 5.69 Å². The van der Waals surface area contributed by atoms with Crippen LogP contribution in [0.25, 0.3) is 0 Å². The first kappa shape index (κ1) is 25.3. The Morgan fingerprint density at radius 2 is 2.06 bits per heavy atom. The normalized spacial score (nSPS) is 16.9. The van der Waals surface area contributed by atoms with Gasteiger partial charge >= 0.3 is 0 Å². The summed E-state index contributed by atoms with van der Waals surface area (Å²) in [6.07, 6.45) is 5.06. The molecule has 0 spiro atoms. The minimum atomic E-state index is -0.622. The Balaban J connectivity index is 2.36. The van der Waals surface area contributed by atoms with E-state index in [1.807, 2.05) is 44.0 Å². The van der Waals surface area contributed by atoms with Gasteiger partial charge in [-0.15, -0.1) is 0 Å². The van der Waals surface area contributed by atoms with Crippen LogP contribution in [0, 0.1) is 0 Å². The molecule has 1 amide bonds. The number of amides is 1. The fourth-order valence-electron chi connectivity index (χ4n) is 4.35. The van der Waals surface area contributed by atoms with Crippen molar-refractivity contribution in [3.8, 4) is 0 Å². The molecule has 0 aromatic heterocycles. The number of rotatable bonds is 11. The molecule has 0 bridgehead atoms. The van der Waals surface area contributed by atoms with Crippen molar-refractivity contribution in [3.05, 3.63) is 29.3 Å². The number of carbonyl (C=O) groups is 2. The van der Waals surface area contributed by atoms with E-state index in [9.17, 15) is 9.59 Å². The summed E-state index contributed by atoms with van der Waals surface area (Å²) in [5.74, 6) is 0.0631. The first-order valence-corrected chi connectivity index (χ1v) is 11.6. The summed E-state index contributed by atoms with van der Waals surface area (Å²) < 4.78 is 5.16. The maximum absolute atomic E-state index is 13.6. The van der Waals surface area contributed by atoms with Crippen molar-refractivity contribution < 1.29 is 14.3 Å². The first-order valence-electron chi connectivity index (χ1n) is 11.6. The second kappa shape index (κ2) is 11.6. The van der Waals surface area contributed by atoms with Crippen LogP contribution in [0.5, 0.6) is 0 Å². The van der Waals surface area contributed by atoms with Gasteiger partial charge in [0.25, 0.3) is 5.91 Å². The second-order valence-corrected chi connectivity index (χ2v) is 9.50. The average Bonchev–Trinajstić information content (AvgIpc) is 2.76. The van der Waals surface area contributed by atoms with Crippen LogP contribution in [-0.4, -0.2) is 69.6 Å². The van der Waals surface area contributed by atoms with Crippen LogP contribution in [0.15, 0.2) is 18.2 Å². The lowest BCUT2D eigenvalue weighted by molar-refractivity contribution is -0.111. The molecule has 1 unspecified atom stereocenters. The van der Waals surface area contributed by atoms with E-state index in [2.05, 4.69) is 24.1 Å². The molecule has 31 heavy (non-hydrogen) atoms. The standard InChI is InChI=1S/C25H41N3O3/c1-19(2)28(21-10-9-13-26-17-21)24(30)20-11-12-22(25(3,4)18-29)23(16-20)27(5)14-7-8-15-31-6/h11-12,16,18-19,21,26H,7-10,13-15,17H2,1-6H3. The third-order valence-corrected chi connectivity index (χ3v) is 6.19. The first-order chi connectivity index (χ1) is 14.7. The predicted octanol–water partition coefficient (Wildman–Crippen LogP) is 3.63. The van der Waals surface area contributed by atoms with E-state index in [4.69, 9.17) is 4.74 Å². The SMILES string of the molecule is COCCCCN(C)c1cc(C(=O)N(C(C)C)C2CCCNC2)ccc1C(C)(C)C=O. The molecule has 1 saturated heterocycles. The second-order valence-electron chi connectivity index (χ2n) is 9.50. The largest absolute Gasteiger partial charge is 0.385 e. The van der Waals surface area contributed by atoms with Crippen molar-refractivity contribution in [1.29, 1.82) is 0 Å². The van der Waals surface area contributed by atoms with Gasteiger partial charge in [0, 0.05) is 62.6 Å². The monoisotopic (exact) mass is 431 g/mol. The fourth-order valence-corrected chi connectivity index (χ4v) is 4.35. The summed E-state index contributed by atoms with van der Waals surface area (Å²) >= 11 is 0. The van der Waals surface area contributed by atoms with Crippen LogP contribution < -0.4 is 10.2 Å². The number of ether oxygens (including phenoxy) is 1. The Bertz CT molecular complexity index is 727. The summed E-state index contributed by atoms with van der Waals surface area (Å²) in [5, 5.41) is 3.43. The molecule has 1 aromatic carbocycles. The number of piperidine rings is 1. The molecule has 0 saturated carbocycles. The minimum Gasteiger partial charge on any atom is -0.385 e. The van der Waals surface area contributed by atoms with Gasteiger partial charge < -0.3 is 24.6 Å². The number of aldehydes is 1. The van der Waals surface area contributed by atoms with E-state index in [0.29, 0.717) is 5.56 Å². The molecule has 6 heteroatoms. The molecule has 1 aliphatic heterocycles. The Kier molecular flexibility index (Phi) is 9.51. The molecule has 174 valence electrons. The van der Waals surface area contributed by atoms with E-state index in [1.165, 1.54) is 0 Å². The zero-order chi connectivity index (χ0) is 23.0. The van der Waals surface area contributed by atoms with Crippen molar-refractivity contribution in [2.75, 3.05) is 45.3 Å². The lowest BCUT2D eigenvalue weighted by atomic mass is 9.84. The van der Waals surface area contributed by atoms with Crippen molar-refractivity contribution in [1.82, 2.24) is 10.2 Å². The Morgan fingerprint density at radius 3 is 2.65 bits per heavy atom. The molecule has 0 aliphatic carbocycles. The van der Waals surface area contributed by atoms with E-state index < -0.39 is 5.41 Å². The van der Waals surface area contributed by atoms with Crippen LogP contribution in [0.3, 0.4) is 0 Å². The third-order valence-electron chi connectivity index (χ3n) is 6.19. The highest BCUT2D eigenvalue weighted by atomic mass is 16.5. The number of anilines is 1. The van der Waals surface area contributed by atoms with E-state index >= 15 is 0 Å². The summed E-state index contributed by atoms with van der Waals surface area (Å²) in [6, 6.07) is 6.16. The average molecular weight is 432 g/mol. The lowest BCUT2D eigenvalue weighted by Crippen LogP contribution is -2.51. The van der Waals surface area contributed by atoms with Gasteiger partial charge in [0.2, 0.25) is 0 Å². The number of hydrogen-bond acceptors (Lipinski definition) is 5. The fraction of sp³-hybridized carbons (Fsp3) is 0.680. The zero-order valence-electron chi connectivity index (χ0n) is 20.2. The molecular formula is C25H41N3O3. The maximum Gasteiger partial charge on any atom is 0.254 e. The smallest absolute Gasteiger partial charge is 0.254 e. The molecule has 6 nitrogen and oxygen atoms in total. The van der Waals surface area contributed by atoms with Gasteiger partial charge in [-0.1, -0.05) is 6.07 Å². The Morgan fingerprint density at radius 1 is 1.32 bits per heavy atom. The van der Waals surface area contributed by atoms with E-state index in [-0.39, 0.29) is 18.0 Å². The van der Waals surface area contributed by atoms with Gasteiger partial charge in [-0.05, 0) is 77.6 Å². The van der Waals surface area contributed by atoms with Gasteiger partial charge in [-0.25, -0.2) is 0 Å². The predicted molar refractivity (Wildman–Crippen MR) is 127 cm³/mol. The zero-order valence-corrected chi connectivity index (χ0v) is 20.2. The van der Waals surface area contributed by atoms with Gasteiger partial charge in [-0.3, -0.25) is 4.79 Å². The highest BCUT2D eigenvalue weighted by Crippen LogP contribution is 2.32. The quantitative estimate of drug-likeness (QED) is 0.428. The maximum atomic E-state index is 13.6. The number of unbranched alkanes of at least 4 members (excludes halogenated alkanes) is 1. The van der Waals surface area contributed by atoms with Crippen LogP contribution in [-0.2, 0) is 14.9 Å². The molecule has 1 atom stereocenters. The molecular weight excluding hydrogens is 390 g/mol. The molecule has 1 N–H and O–H groups in total. The summed E-state index contributed by atoms with van der Waals surface area (Å²) in [5.41, 5.74) is 1.96. The molecule has 1 heterocycles. The van der Waals surface area contributed by atoms with Crippen LogP contribution >= 0.6 is 0 Å². The molecule has 2 rings (SSSR count). The number of carbonyl (C=O) groups excluding carboxylic acids is 2. The molecule has 1 fully saturated rings. The third kappa shape index (κ3) is 6.53. The number of hydrogen-bond donors (Lipinski definition) is 1. The van der Waals surface area contributed by atoms with E-state index in [1.54, 1.807) is 7.11 Å². The summed E-state index contributed by atoms with van der Waals surface area (Å²) in [6.45, 7) is 11.4. The highest BCUT2D eigenvalue weighted by Gasteiger charge is 2.30. The Labute approximate surface area is 188 Å². The topological polar surface area (TPSA) is 61.9 Å². The number of nitrogens with zero attached hydrogens (tertiary/aromatic N) is 2. The van der Waals surface area contributed by atoms with Crippen molar-refractivity contribution in [3.63, 3.8) is 0 Å².